The van der Waals surface area contributed by atoms with Crippen LogP contribution in [0.1, 0.15) is 68.4 Å². The molecule has 0 radical (unpaired) electrons. The Morgan fingerprint density at radius 2 is 1.78 bits per heavy atom. The minimum absolute atomic E-state index is 0.00868. The fourth-order valence-electron chi connectivity index (χ4n) is 5.41. The maximum Gasteiger partial charge on any atom is 0.407 e. The lowest BCUT2D eigenvalue weighted by Crippen LogP contribution is -2.56. The number of ether oxygens (including phenoxy) is 1. The molecule has 0 aromatic heterocycles. The van der Waals surface area contributed by atoms with Gasteiger partial charge in [-0.3, -0.25) is 14.4 Å². The summed E-state index contributed by atoms with van der Waals surface area (Å²) in [6.07, 6.45) is -1.71. The summed E-state index contributed by atoms with van der Waals surface area (Å²) in [5.41, 5.74) is 1.40. The molecule has 4 amide bonds. The first-order valence-electron chi connectivity index (χ1n) is 15.9. The van der Waals surface area contributed by atoms with E-state index in [4.69, 9.17) is 27.9 Å². The zero-order chi connectivity index (χ0) is 36.6. The third-order valence-electron chi connectivity index (χ3n) is 7.93. The van der Waals surface area contributed by atoms with Crippen LogP contribution >= 0.6 is 23.2 Å². The minimum Gasteiger partial charge on any atom is -0.444 e. The van der Waals surface area contributed by atoms with Crippen molar-refractivity contribution in [3.05, 3.63) is 98.8 Å². The van der Waals surface area contributed by atoms with Crippen molar-refractivity contribution in [2.75, 3.05) is 11.9 Å². The second-order valence-corrected chi connectivity index (χ2v) is 13.6. The van der Waals surface area contributed by atoms with Crippen LogP contribution < -0.4 is 16.0 Å². The van der Waals surface area contributed by atoms with E-state index in [1.54, 1.807) is 63.2 Å². The Hall–Kier alpha value is -4.70. The number of amides is 4. The number of aliphatic hydroxyl groups excluding tert-OH is 1. The van der Waals surface area contributed by atoms with Crippen LogP contribution in [0.15, 0.2) is 60.7 Å². The highest BCUT2D eigenvalue weighted by atomic mass is 35.5. The number of hydrogen-bond donors (Lipinski definition) is 4. The molecule has 3 aromatic carbocycles. The molecule has 50 heavy (non-hydrogen) atoms. The van der Waals surface area contributed by atoms with E-state index in [0.717, 1.165) is 5.56 Å². The summed E-state index contributed by atoms with van der Waals surface area (Å²) >= 11 is 11.8. The van der Waals surface area contributed by atoms with Gasteiger partial charge in [-0.2, -0.15) is 5.26 Å². The van der Waals surface area contributed by atoms with Gasteiger partial charge in [0, 0.05) is 25.9 Å². The van der Waals surface area contributed by atoms with Gasteiger partial charge in [-0.25, -0.2) is 9.18 Å². The van der Waals surface area contributed by atoms with Crippen LogP contribution in [0.3, 0.4) is 0 Å². The lowest BCUT2D eigenvalue weighted by Gasteiger charge is -2.37. The number of nitrogens with zero attached hydrogens (tertiary/aromatic N) is 2. The summed E-state index contributed by atoms with van der Waals surface area (Å²) in [5.74, 6) is -2.89. The first-order chi connectivity index (χ1) is 23.7. The quantitative estimate of drug-likeness (QED) is 0.182. The monoisotopic (exact) mass is 725 g/mol. The van der Waals surface area contributed by atoms with Crippen LogP contribution in [-0.2, 0) is 32.1 Å². The van der Waals surface area contributed by atoms with Crippen molar-refractivity contribution in [1.82, 2.24) is 15.5 Å². The van der Waals surface area contributed by atoms with E-state index in [0.29, 0.717) is 16.7 Å². The summed E-state index contributed by atoms with van der Waals surface area (Å²) in [7, 11) is 0. The van der Waals surface area contributed by atoms with E-state index < -0.39 is 58.4 Å². The number of rotatable bonds is 11. The molecule has 0 fully saturated rings. The fraction of sp³-hybridized carbons (Fsp3) is 0.361. The summed E-state index contributed by atoms with van der Waals surface area (Å²) in [5, 5.41) is 27.3. The Balaban J connectivity index is 1.57. The van der Waals surface area contributed by atoms with Gasteiger partial charge in [0.05, 0.1) is 33.5 Å². The van der Waals surface area contributed by atoms with E-state index in [1.165, 1.54) is 17.0 Å². The van der Waals surface area contributed by atoms with Crippen molar-refractivity contribution in [3.8, 4) is 6.07 Å². The lowest BCUT2D eigenvalue weighted by molar-refractivity contribution is -0.143. The van der Waals surface area contributed by atoms with Gasteiger partial charge >= 0.3 is 6.09 Å². The topological polar surface area (TPSA) is 161 Å². The minimum atomic E-state index is -1.31. The third-order valence-corrected chi connectivity index (χ3v) is 8.71. The van der Waals surface area contributed by atoms with Crippen LogP contribution in [0.5, 0.6) is 0 Å². The number of carbonyl (C=O) groups is 4. The molecule has 3 atom stereocenters. The molecular formula is C36H38Cl2FN5O6. The maximum atomic E-state index is 14.9. The van der Waals surface area contributed by atoms with Crippen LogP contribution in [0.25, 0.3) is 0 Å². The van der Waals surface area contributed by atoms with Crippen molar-refractivity contribution in [1.29, 1.82) is 5.26 Å². The molecule has 0 bridgehead atoms. The largest absolute Gasteiger partial charge is 0.444 e. The van der Waals surface area contributed by atoms with E-state index in [2.05, 4.69) is 22.0 Å². The maximum absolute atomic E-state index is 14.9. The van der Waals surface area contributed by atoms with E-state index in [1.807, 2.05) is 6.07 Å². The summed E-state index contributed by atoms with van der Waals surface area (Å²) in [6, 6.07) is 16.1. The third kappa shape index (κ3) is 10.2. The highest BCUT2D eigenvalue weighted by molar-refractivity contribution is 6.42. The van der Waals surface area contributed by atoms with Crippen molar-refractivity contribution < 1.29 is 33.4 Å². The molecule has 0 spiro atoms. The average Bonchev–Trinajstić information content (AvgIpc) is 3.08. The highest BCUT2D eigenvalue weighted by Crippen LogP contribution is 2.30. The first kappa shape index (κ1) is 38.1. The zero-order valence-electron chi connectivity index (χ0n) is 27.8. The summed E-state index contributed by atoms with van der Waals surface area (Å²) in [4.78, 5) is 54.9. The SMILES string of the molecule is CC(C)(C)OC(=O)NCC[C@H](NC(=O)[C@@H]1Cc2ccc(C#N)cc2CN1C(=O)CCC(O)c1ccccc1)C(=O)Nc1ccc(Cl)c(Cl)c1F. The van der Waals surface area contributed by atoms with Crippen LogP contribution in [-0.4, -0.2) is 58.1 Å². The van der Waals surface area contributed by atoms with Gasteiger partial charge in [0.25, 0.3) is 0 Å². The number of aliphatic hydroxyl groups is 1. The fourth-order valence-corrected chi connectivity index (χ4v) is 5.72. The number of hydrogen-bond acceptors (Lipinski definition) is 7. The molecule has 0 aliphatic carbocycles. The molecule has 0 saturated heterocycles. The molecule has 14 heteroatoms. The van der Waals surface area contributed by atoms with Crippen LogP contribution in [0.2, 0.25) is 10.0 Å². The van der Waals surface area contributed by atoms with Gasteiger partial charge in [0.1, 0.15) is 17.7 Å². The van der Waals surface area contributed by atoms with Crippen molar-refractivity contribution in [2.45, 2.75) is 76.8 Å². The predicted molar refractivity (Wildman–Crippen MR) is 186 cm³/mol. The second kappa shape index (κ2) is 16.8. The van der Waals surface area contributed by atoms with Crippen LogP contribution in [0, 0.1) is 17.1 Å². The van der Waals surface area contributed by atoms with Crippen molar-refractivity contribution in [3.63, 3.8) is 0 Å². The normalized spacial score (nSPS) is 15.2. The molecule has 1 unspecified atom stereocenters. The molecule has 1 heterocycles. The van der Waals surface area contributed by atoms with Gasteiger partial charge in [0.15, 0.2) is 5.82 Å². The van der Waals surface area contributed by atoms with E-state index in [-0.39, 0.29) is 49.5 Å². The number of anilines is 1. The Morgan fingerprint density at radius 1 is 1.06 bits per heavy atom. The van der Waals surface area contributed by atoms with E-state index in [9.17, 15) is 33.9 Å². The number of nitrogens with one attached hydrogen (secondary N) is 3. The Labute approximate surface area is 299 Å². The number of alkyl carbamates (subject to hydrolysis) is 1. The second-order valence-electron chi connectivity index (χ2n) is 12.8. The summed E-state index contributed by atoms with van der Waals surface area (Å²) in [6.45, 7) is 4.96. The smallest absolute Gasteiger partial charge is 0.407 e. The Kier molecular flexibility index (Phi) is 12.8. The molecule has 264 valence electrons. The van der Waals surface area contributed by atoms with Gasteiger partial charge < -0.3 is 30.7 Å². The molecule has 4 N–H and O–H groups in total. The molecular weight excluding hydrogens is 688 g/mol. The molecule has 0 saturated carbocycles. The standard InChI is InChI=1S/C36H38Cl2FN5O6/c1-36(2,3)50-35(49)41-16-15-27(33(47)42-26-12-11-25(37)31(38)32(26)39)43-34(48)28-18-23-10-9-21(19-40)17-24(23)20-44(28)30(46)14-13-29(45)22-7-5-4-6-8-22/h4-12,17,27-29,45H,13-16,18,20H2,1-3H3,(H,41,49)(H,42,47)(H,43,48)/t27-,28-,29?/m0/s1. The number of nitriles is 1. The van der Waals surface area contributed by atoms with Gasteiger partial charge in [-0.05, 0) is 74.6 Å². The highest BCUT2D eigenvalue weighted by Gasteiger charge is 2.37. The zero-order valence-corrected chi connectivity index (χ0v) is 29.3. The number of benzene rings is 3. The lowest BCUT2D eigenvalue weighted by atomic mass is 9.91. The van der Waals surface area contributed by atoms with E-state index >= 15 is 0 Å². The van der Waals surface area contributed by atoms with Crippen LogP contribution in [0.4, 0.5) is 14.9 Å². The Morgan fingerprint density at radius 3 is 2.46 bits per heavy atom. The molecule has 4 rings (SSSR count). The molecule has 1 aliphatic rings. The van der Waals surface area contributed by atoms with Gasteiger partial charge in [-0.1, -0.05) is 59.6 Å². The Bertz CT molecular complexity index is 1780. The van der Waals surface area contributed by atoms with Crippen molar-refractivity contribution in [2.24, 2.45) is 0 Å². The van der Waals surface area contributed by atoms with Gasteiger partial charge in [0.2, 0.25) is 17.7 Å². The number of halogens is 3. The van der Waals surface area contributed by atoms with Gasteiger partial charge in [-0.15, -0.1) is 0 Å². The number of carbonyl (C=O) groups excluding carboxylic acids is 4. The van der Waals surface area contributed by atoms with Crippen molar-refractivity contribution >= 4 is 52.7 Å². The molecule has 1 aliphatic heterocycles. The molecule has 3 aromatic rings. The predicted octanol–water partition coefficient (Wildman–Crippen LogP) is 5.81. The number of fused-ring (bicyclic) bond motifs is 1. The first-order valence-corrected chi connectivity index (χ1v) is 16.7. The molecule has 11 nitrogen and oxygen atoms in total. The summed E-state index contributed by atoms with van der Waals surface area (Å²) < 4.78 is 20.1. The average molecular weight is 727 g/mol.